The van der Waals surface area contributed by atoms with E-state index in [4.69, 9.17) is 9.47 Å². The van der Waals surface area contributed by atoms with Crippen LogP contribution in [0.1, 0.15) is 25.3 Å². The summed E-state index contributed by atoms with van der Waals surface area (Å²) in [6.45, 7) is 5.44. The highest BCUT2D eigenvalue weighted by molar-refractivity contribution is 5.27. The largest absolute Gasteiger partial charge is 0.491 e. The van der Waals surface area contributed by atoms with E-state index in [0.717, 1.165) is 18.8 Å². The molecule has 1 N–H and O–H groups in total. The summed E-state index contributed by atoms with van der Waals surface area (Å²) in [5.41, 5.74) is 1.29. The molecule has 0 bridgehead atoms. The minimum atomic E-state index is 0.602. The van der Waals surface area contributed by atoms with Gasteiger partial charge in [0.25, 0.3) is 0 Å². The van der Waals surface area contributed by atoms with Crippen molar-refractivity contribution in [3.63, 3.8) is 0 Å². The van der Waals surface area contributed by atoms with E-state index < -0.39 is 0 Å². The number of methoxy groups -OCH3 is 1. The lowest BCUT2D eigenvalue weighted by molar-refractivity contribution is 0.146. The van der Waals surface area contributed by atoms with Gasteiger partial charge in [-0.05, 0) is 30.7 Å². The first-order valence-corrected chi connectivity index (χ1v) is 6.28. The Hall–Kier alpha value is -1.06. The molecule has 0 unspecified atom stereocenters. The van der Waals surface area contributed by atoms with Crippen molar-refractivity contribution in [3.8, 4) is 5.75 Å². The zero-order chi connectivity index (χ0) is 12.3. The van der Waals surface area contributed by atoms with Gasteiger partial charge in [-0.25, -0.2) is 0 Å². The predicted octanol–water partition coefficient (Wildman–Crippen LogP) is 2.60. The molecule has 0 fully saturated rings. The van der Waals surface area contributed by atoms with Crippen LogP contribution in [0.3, 0.4) is 0 Å². The van der Waals surface area contributed by atoms with Crippen LogP contribution in [0.4, 0.5) is 0 Å². The molecule has 0 aliphatic rings. The lowest BCUT2D eigenvalue weighted by atomic mass is 10.2. The lowest BCUT2D eigenvalue weighted by Gasteiger charge is -2.07. The van der Waals surface area contributed by atoms with E-state index in [1.165, 1.54) is 18.4 Å². The van der Waals surface area contributed by atoms with Crippen LogP contribution in [-0.4, -0.2) is 26.9 Å². The van der Waals surface area contributed by atoms with Gasteiger partial charge in [0.1, 0.15) is 12.4 Å². The molecule has 0 atom stereocenters. The standard InChI is InChI=1S/C14H23NO2/c1-3-4-9-15-12-13-5-7-14(8-6-13)17-11-10-16-2/h5-8,15H,3-4,9-12H2,1-2H3. The average Bonchev–Trinajstić information content (AvgIpc) is 2.37. The number of unbranched alkanes of at least 4 members (excludes halogenated alkanes) is 1. The fraction of sp³-hybridized carbons (Fsp3) is 0.571. The Labute approximate surface area is 104 Å². The first-order chi connectivity index (χ1) is 8.36. The van der Waals surface area contributed by atoms with E-state index in [1.807, 2.05) is 12.1 Å². The molecule has 17 heavy (non-hydrogen) atoms. The molecule has 0 heterocycles. The molecule has 3 heteroatoms. The minimum absolute atomic E-state index is 0.602. The van der Waals surface area contributed by atoms with Gasteiger partial charge in [-0.15, -0.1) is 0 Å². The van der Waals surface area contributed by atoms with Gasteiger partial charge in [0.05, 0.1) is 6.61 Å². The molecule has 1 rings (SSSR count). The normalized spacial score (nSPS) is 10.5. The van der Waals surface area contributed by atoms with Crippen molar-refractivity contribution in [1.82, 2.24) is 5.32 Å². The van der Waals surface area contributed by atoms with Gasteiger partial charge in [0, 0.05) is 13.7 Å². The summed E-state index contributed by atoms with van der Waals surface area (Å²) in [5.74, 6) is 0.902. The van der Waals surface area contributed by atoms with Gasteiger partial charge in [-0.2, -0.15) is 0 Å². The van der Waals surface area contributed by atoms with Crippen molar-refractivity contribution < 1.29 is 9.47 Å². The zero-order valence-corrected chi connectivity index (χ0v) is 10.9. The van der Waals surface area contributed by atoms with Crippen LogP contribution in [0.25, 0.3) is 0 Å². The second-order valence-electron chi connectivity index (χ2n) is 4.02. The number of nitrogens with one attached hydrogen (secondary N) is 1. The molecule has 0 spiro atoms. The maximum absolute atomic E-state index is 5.50. The highest BCUT2D eigenvalue weighted by atomic mass is 16.5. The Morgan fingerprint density at radius 3 is 2.53 bits per heavy atom. The molecule has 0 saturated heterocycles. The van der Waals surface area contributed by atoms with E-state index >= 15 is 0 Å². The zero-order valence-electron chi connectivity index (χ0n) is 10.9. The molecule has 0 amide bonds. The molecule has 1 aromatic rings. The van der Waals surface area contributed by atoms with Gasteiger partial charge in [0.15, 0.2) is 0 Å². The number of ether oxygens (including phenoxy) is 2. The van der Waals surface area contributed by atoms with Crippen molar-refractivity contribution in [2.24, 2.45) is 0 Å². The summed E-state index contributed by atoms with van der Waals surface area (Å²) >= 11 is 0. The van der Waals surface area contributed by atoms with Gasteiger partial charge < -0.3 is 14.8 Å². The Morgan fingerprint density at radius 1 is 1.12 bits per heavy atom. The van der Waals surface area contributed by atoms with Crippen LogP contribution in [0, 0.1) is 0 Å². The van der Waals surface area contributed by atoms with Gasteiger partial charge in [-0.1, -0.05) is 25.5 Å². The van der Waals surface area contributed by atoms with Gasteiger partial charge in [0.2, 0.25) is 0 Å². The Bertz CT molecular complexity index is 285. The highest BCUT2D eigenvalue weighted by Gasteiger charge is 1.95. The smallest absolute Gasteiger partial charge is 0.119 e. The molecular formula is C14H23NO2. The fourth-order valence-electron chi connectivity index (χ4n) is 1.48. The molecule has 0 radical (unpaired) electrons. The van der Waals surface area contributed by atoms with Crippen LogP contribution >= 0.6 is 0 Å². The third-order valence-electron chi connectivity index (χ3n) is 2.52. The maximum Gasteiger partial charge on any atom is 0.119 e. The fourth-order valence-corrected chi connectivity index (χ4v) is 1.48. The monoisotopic (exact) mass is 237 g/mol. The van der Waals surface area contributed by atoms with Crippen molar-refractivity contribution in [2.75, 3.05) is 26.9 Å². The summed E-state index contributed by atoms with van der Waals surface area (Å²) in [5, 5.41) is 3.41. The van der Waals surface area contributed by atoms with Crippen molar-refractivity contribution in [3.05, 3.63) is 29.8 Å². The number of rotatable bonds is 9. The van der Waals surface area contributed by atoms with Crippen molar-refractivity contribution in [1.29, 1.82) is 0 Å². The Kier molecular flexibility index (Phi) is 7.43. The predicted molar refractivity (Wildman–Crippen MR) is 70.4 cm³/mol. The molecule has 1 aromatic carbocycles. The summed E-state index contributed by atoms with van der Waals surface area (Å²) in [6, 6.07) is 8.21. The van der Waals surface area contributed by atoms with Gasteiger partial charge in [-0.3, -0.25) is 0 Å². The van der Waals surface area contributed by atoms with E-state index in [0.29, 0.717) is 13.2 Å². The highest BCUT2D eigenvalue weighted by Crippen LogP contribution is 2.11. The summed E-state index contributed by atoms with van der Waals surface area (Å²) in [6.07, 6.45) is 2.47. The number of hydrogen-bond donors (Lipinski definition) is 1. The van der Waals surface area contributed by atoms with Crippen LogP contribution in [-0.2, 0) is 11.3 Å². The molecular weight excluding hydrogens is 214 g/mol. The van der Waals surface area contributed by atoms with E-state index in [1.54, 1.807) is 7.11 Å². The molecule has 0 aliphatic heterocycles. The summed E-state index contributed by atoms with van der Waals surface area (Å²) in [4.78, 5) is 0. The number of hydrogen-bond acceptors (Lipinski definition) is 3. The van der Waals surface area contributed by atoms with Crippen LogP contribution < -0.4 is 10.1 Å². The SMILES string of the molecule is CCCCNCc1ccc(OCCOC)cc1. The second-order valence-corrected chi connectivity index (χ2v) is 4.02. The quantitative estimate of drug-likeness (QED) is 0.670. The molecule has 96 valence electrons. The first-order valence-electron chi connectivity index (χ1n) is 6.28. The van der Waals surface area contributed by atoms with Crippen LogP contribution in [0.15, 0.2) is 24.3 Å². The molecule has 0 aliphatic carbocycles. The van der Waals surface area contributed by atoms with Crippen molar-refractivity contribution in [2.45, 2.75) is 26.3 Å². The Balaban J connectivity index is 2.24. The Morgan fingerprint density at radius 2 is 1.88 bits per heavy atom. The molecule has 3 nitrogen and oxygen atoms in total. The summed E-state index contributed by atoms with van der Waals surface area (Å²) in [7, 11) is 1.68. The third kappa shape index (κ3) is 6.29. The van der Waals surface area contributed by atoms with E-state index in [-0.39, 0.29) is 0 Å². The average molecular weight is 237 g/mol. The third-order valence-corrected chi connectivity index (χ3v) is 2.52. The molecule has 0 aromatic heterocycles. The second kappa shape index (κ2) is 9.02. The van der Waals surface area contributed by atoms with Crippen molar-refractivity contribution >= 4 is 0 Å². The first kappa shape index (κ1) is 14.0. The summed E-state index contributed by atoms with van der Waals surface area (Å²) < 4.78 is 10.4. The van der Waals surface area contributed by atoms with E-state index in [2.05, 4.69) is 24.4 Å². The molecule has 0 saturated carbocycles. The maximum atomic E-state index is 5.50. The van der Waals surface area contributed by atoms with Gasteiger partial charge >= 0.3 is 0 Å². The van der Waals surface area contributed by atoms with Crippen LogP contribution in [0.5, 0.6) is 5.75 Å². The van der Waals surface area contributed by atoms with E-state index in [9.17, 15) is 0 Å². The number of benzene rings is 1. The van der Waals surface area contributed by atoms with Crippen LogP contribution in [0.2, 0.25) is 0 Å². The minimum Gasteiger partial charge on any atom is -0.491 e. The topological polar surface area (TPSA) is 30.5 Å². The lowest BCUT2D eigenvalue weighted by Crippen LogP contribution is -2.14.